The van der Waals surface area contributed by atoms with E-state index in [9.17, 15) is 4.79 Å². The number of nitrogens with one attached hydrogen (secondary N) is 1. The molecule has 0 aliphatic carbocycles. The third-order valence-corrected chi connectivity index (χ3v) is 3.55. The van der Waals surface area contributed by atoms with E-state index in [-0.39, 0.29) is 11.9 Å². The standard InChI is InChI=1S/C18H14ClN3O2/c1-12-10-11-20-18(21-12)24-14-8-6-13(7-9-14)17(23)22-16-5-3-2-4-15(16)19/h2-11H,1H3,(H,22,23). The Balaban J connectivity index is 1.70. The van der Waals surface area contributed by atoms with Crippen LogP contribution in [0.15, 0.2) is 60.8 Å². The van der Waals surface area contributed by atoms with Crippen LogP contribution in [0, 0.1) is 6.92 Å². The monoisotopic (exact) mass is 339 g/mol. The predicted octanol–water partition coefficient (Wildman–Crippen LogP) is 4.48. The van der Waals surface area contributed by atoms with Crippen molar-refractivity contribution in [1.82, 2.24) is 9.97 Å². The molecule has 0 bridgehead atoms. The quantitative estimate of drug-likeness (QED) is 0.761. The van der Waals surface area contributed by atoms with Crippen molar-refractivity contribution in [1.29, 1.82) is 0 Å². The highest BCUT2D eigenvalue weighted by Gasteiger charge is 2.09. The van der Waals surface area contributed by atoms with E-state index in [2.05, 4.69) is 15.3 Å². The topological polar surface area (TPSA) is 64.1 Å². The number of carbonyl (C=O) groups excluding carboxylic acids is 1. The summed E-state index contributed by atoms with van der Waals surface area (Å²) in [4.78, 5) is 20.4. The largest absolute Gasteiger partial charge is 0.424 e. The van der Waals surface area contributed by atoms with E-state index < -0.39 is 0 Å². The van der Waals surface area contributed by atoms with Gasteiger partial charge < -0.3 is 10.1 Å². The average molecular weight is 340 g/mol. The van der Waals surface area contributed by atoms with Gasteiger partial charge in [0.15, 0.2) is 0 Å². The number of carbonyl (C=O) groups is 1. The number of nitrogens with zero attached hydrogens (tertiary/aromatic N) is 2. The summed E-state index contributed by atoms with van der Waals surface area (Å²) in [6.45, 7) is 1.86. The molecule has 120 valence electrons. The molecule has 0 spiro atoms. The van der Waals surface area contributed by atoms with E-state index in [1.54, 1.807) is 60.8 Å². The van der Waals surface area contributed by atoms with Crippen LogP contribution in [0.4, 0.5) is 5.69 Å². The number of hydrogen-bond donors (Lipinski definition) is 1. The Hall–Kier alpha value is -2.92. The van der Waals surface area contributed by atoms with E-state index in [1.807, 2.05) is 6.92 Å². The molecule has 24 heavy (non-hydrogen) atoms. The molecule has 5 nitrogen and oxygen atoms in total. The van der Waals surface area contributed by atoms with Crippen molar-refractivity contribution >= 4 is 23.2 Å². The van der Waals surface area contributed by atoms with Crippen molar-refractivity contribution in [2.75, 3.05) is 5.32 Å². The first-order valence-electron chi connectivity index (χ1n) is 7.25. The van der Waals surface area contributed by atoms with Crippen molar-refractivity contribution in [2.45, 2.75) is 6.92 Å². The third kappa shape index (κ3) is 3.88. The Morgan fingerprint density at radius 2 is 1.83 bits per heavy atom. The van der Waals surface area contributed by atoms with Crippen LogP contribution in [0.25, 0.3) is 0 Å². The second-order valence-corrected chi connectivity index (χ2v) is 5.45. The molecule has 0 saturated carbocycles. The first kappa shape index (κ1) is 16.0. The molecule has 3 aromatic rings. The number of aromatic nitrogens is 2. The minimum atomic E-state index is -0.249. The molecule has 0 unspecified atom stereocenters. The van der Waals surface area contributed by atoms with Crippen molar-refractivity contribution in [3.05, 3.63) is 77.1 Å². The van der Waals surface area contributed by atoms with Crippen molar-refractivity contribution in [3.8, 4) is 11.8 Å². The van der Waals surface area contributed by atoms with Crippen LogP contribution in [-0.4, -0.2) is 15.9 Å². The fourth-order valence-corrected chi connectivity index (χ4v) is 2.19. The van der Waals surface area contributed by atoms with Crippen LogP contribution in [0.3, 0.4) is 0 Å². The first-order valence-corrected chi connectivity index (χ1v) is 7.63. The van der Waals surface area contributed by atoms with Gasteiger partial charge in [-0.2, -0.15) is 0 Å². The number of aryl methyl sites for hydroxylation is 1. The number of benzene rings is 2. The molecule has 2 aromatic carbocycles. The van der Waals surface area contributed by atoms with Gasteiger partial charge in [0, 0.05) is 17.5 Å². The highest BCUT2D eigenvalue weighted by molar-refractivity contribution is 6.33. The highest BCUT2D eigenvalue weighted by Crippen LogP contribution is 2.22. The summed E-state index contributed by atoms with van der Waals surface area (Å²) in [5.74, 6) is 0.302. The summed E-state index contributed by atoms with van der Waals surface area (Å²) in [5, 5.41) is 3.26. The van der Waals surface area contributed by atoms with Crippen LogP contribution in [0.2, 0.25) is 5.02 Å². The molecule has 0 radical (unpaired) electrons. The SMILES string of the molecule is Cc1ccnc(Oc2ccc(C(=O)Nc3ccccc3Cl)cc2)n1. The summed E-state index contributed by atoms with van der Waals surface area (Å²) in [7, 11) is 0. The lowest BCUT2D eigenvalue weighted by Crippen LogP contribution is -2.11. The normalized spacial score (nSPS) is 10.2. The molecule has 3 rings (SSSR count). The Morgan fingerprint density at radius 1 is 1.08 bits per heavy atom. The van der Waals surface area contributed by atoms with Crippen LogP contribution in [0.5, 0.6) is 11.8 Å². The zero-order chi connectivity index (χ0) is 16.9. The highest BCUT2D eigenvalue weighted by atomic mass is 35.5. The van der Waals surface area contributed by atoms with Crippen LogP contribution in [0.1, 0.15) is 16.1 Å². The molecule has 1 amide bonds. The molecule has 1 aromatic heterocycles. The molecule has 6 heteroatoms. The van der Waals surface area contributed by atoms with Crippen LogP contribution >= 0.6 is 11.6 Å². The first-order chi connectivity index (χ1) is 11.6. The van der Waals surface area contributed by atoms with Gasteiger partial charge >= 0.3 is 6.01 Å². The van der Waals surface area contributed by atoms with Gasteiger partial charge in [0.1, 0.15) is 5.75 Å². The number of para-hydroxylation sites is 1. The van der Waals surface area contributed by atoms with Crippen LogP contribution < -0.4 is 10.1 Å². The number of anilines is 1. The second kappa shape index (κ2) is 7.10. The van der Waals surface area contributed by atoms with E-state index in [0.29, 0.717) is 22.0 Å². The molecule has 0 atom stereocenters. The number of ether oxygens (including phenoxy) is 1. The number of hydrogen-bond acceptors (Lipinski definition) is 4. The molecular formula is C18H14ClN3O2. The van der Waals surface area contributed by atoms with E-state index in [4.69, 9.17) is 16.3 Å². The zero-order valence-electron chi connectivity index (χ0n) is 12.9. The summed E-state index contributed by atoms with van der Waals surface area (Å²) in [5.41, 5.74) is 1.88. The lowest BCUT2D eigenvalue weighted by atomic mass is 10.2. The second-order valence-electron chi connectivity index (χ2n) is 5.04. The van der Waals surface area contributed by atoms with E-state index >= 15 is 0 Å². The van der Waals surface area contributed by atoms with Crippen molar-refractivity contribution < 1.29 is 9.53 Å². The van der Waals surface area contributed by atoms with Gasteiger partial charge in [-0.1, -0.05) is 23.7 Å². The average Bonchev–Trinajstić information content (AvgIpc) is 2.57. The van der Waals surface area contributed by atoms with Crippen molar-refractivity contribution in [2.24, 2.45) is 0 Å². The fraction of sp³-hybridized carbons (Fsp3) is 0.0556. The molecule has 0 saturated heterocycles. The smallest absolute Gasteiger partial charge is 0.322 e. The minimum Gasteiger partial charge on any atom is -0.424 e. The maximum atomic E-state index is 12.2. The minimum absolute atomic E-state index is 0.249. The third-order valence-electron chi connectivity index (χ3n) is 3.22. The lowest BCUT2D eigenvalue weighted by Gasteiger charge is -2.08. The Bertz CT molecular complexity index is 866. The molecule has 1 heterocycles. The Morgan fingerprint density at radius 3 is 2.54 bits per heavy atom. The van der Waals surface area contributed by atoms with Gasteiger partial charge in [0.25, 0.3) is 5.91 Å². The molecule has 1 N–H and O–H groups in total. The van der Waals surface area contributed by atoms with Crippen molar-refractivity contribution in [3.63, 3.8) is 0 Å². The fourth-order valence-electron chi connectivity index (χ4n) is 2.01. The summed E-state index contributed by atoms with van der Waals surface area (Å²) in [6, 6.07) is 15.8. The van der Waals surface area contributed by atoms with Gasteiger partial charge in [0.2, 0.25) is 0 Å². The maximum Gasteiger partial charge on any atom is 0.322 e. The summed E-state index contributed by atoms with van der Waals surface area (Å²) >= 11 is 6.04. The van der Waals surface area contributed by atoms with Gasteiger partial charge in [0.05, 0.1) is 10.7 Å². The number of rotatable bonds is 4. The van der Waals surface area contributed by atoms with E-state index in [1.165, 1.54) is 0 Å². The molecular weight excluding hydrogens is 326 g/mol. The Labute approximate surface area is 144 Å². The van der Waals surface area contributed by atoms with Gasteiger partial charge in [-0.3, -0.25) is 4.79 Å². The van der Waals surface area contributed by atoms with Gasteiger partial charge in [-0.25, -0.2) is 9.97 Å². The number of halogens is 1. The van der Waals surface area contributed by atoms with E-state index in [0.717, 1.165) is 5.69 Å². The maximum absolute atomic E-state index is 12.2. The Kier molecular flexibility index (Phi) is 4.72. The lowest BCUT2D eigenvalue weighted by molar-refractivity contribution is 0.102. The summed E-state index contributed by atoms with van der Waals surface area (Å²) < 4.78 is 5.56. The molecule has 0 aliphatic heterocycles. The number of amides is 1. The zero-order valence-corrected chi connectivity index (χ0v) is 13.6. The van der Waals surface area contributed by atoms with Gasteiger partial charge in [-0.05, 0) is 49.4 Å². The summed E-state index contributed by atoms with van der Waals surface area (Å²) in [6.07, 6.45) is 1.63. The predicted molar refractivity (Wildman–Crippen MR) is 92.7 cm³/mol. The van der Waals surface area contributed by atoms with Gasteiger partial charge in [-0.15, -0.1) is 0 Å². The molecule has 0 fully saturated rings. The molecule has 0 aliphatic rings. The van der Waals surface area contributed by atoms with Crippen LogP contribution in [-0.2, 0) is 0 Å².